The van der Waals surface area contributed by atoms with Crippen LogP contribution in [0.25, 0.3) is 0 Å². The molecule has 17 heavy (non-hydrogen) atoms. The van der Waals surface area contributed by atoms with E-state index in [9.17, 15) is 4.79 Å². The number of likely N-dealkylation sites (tertiary alicyclic amines) is 1. The van der Waals surface area contributed by atoms with Crippen LogP contribution in [0.15, 0.2) is 24.4 Å². The second kappa shape index (κ2) is 4.45. The molecule has 3 heterocycles. The summed E-state index contributed by atoms with van der Waals surface area (Å²) in [7, 11) is 0. The number of fused-ring (bicyclic) bond motifs is 1. The van der Waals surface area contributed by atoms with Crippen LogP contribution in [0, 0.1) is 0 Å². The molecule has 3 rings (SSSR count). The number of rotatable bonds is 3. The van der Waals surface area contributed by atoms with E-state index in [2.05, 4.69) is 10.3 Å². The van der Waals surface area contributed by atoms with Crippen LogP contribution < -0.4 is 5.32 Å². The highest BCUT2D eigenvalue weighted by atomic mass is 16.2. The SMILES string of the molecule is O=C1C[C@H]2NCC[C@H]2N1CCc1ccccn1. The molecule has 90 valence electrons. The maximum absolute atomic E-state index is 11.9. The van der Waals surface area contributed by atoms with E-state index in [0.717, 1.165) is 31.6 Å². The van der Waals surface area contributed by atoms with Crippen LogP contribution in [-0.4, -0.2) is 41.0 Å². The average Bonchev–Trinajstić information content (AvgIpc) is 2.89. The van der Waals surface area contributed by atoms with Gasteiger partial charge in [-0.2, -0.15) is 0 Å². The number of hydrogen-bond acceptors (Lipinski definition) is 3. The molecule has 4 heteroatoms. The third-order valence-corrected chi connectivity index (χ3v) is 3.76. The van der Waals surface area contributed by atoms with E-state index in [0.29, 0.717) is 24.4 Å². The van der Waals surface area contributed by atoms with Gasteiger partial charge in [0.1, 0.15) is 0 Å². The number of aromatic nitrogens is 1. The normalized spacial score (nSPS) is 27.5. The molecule has 1 aromatic heterocycles. The van der Waals surface area contributed by atoms with Crippen molar-refractivity contribution in [3.05, 3.63) is 30.1 Å². The van der Waals surface area contributed by atoms with Crippen LogP contribution in [0.1, 0.15) is 18.5 Å². The number of nitrogens with one attached hydrogen (secondary N) is 1. The fraction of sp³-hybridized carbons (Fsp3) is 0.538. The largest absolute Gasteiger partial charge is 0.338 e. The lowest BCUT2D eigenvalue weighted by molar-refractivity contribution is -0.129. The van der Waals surface area contributed by atoms with Gasteiger partial charge in [-0.25, -0.2) is 0 Å². The van der Waals surface area contributed by atoms with E-state index in [-0.39, 0.29) is 0 Å². The molecular weight excluding hydrogens is 214 g/mol. The molecule has 0 aliphatic carbocycles. The molecular formula is C13H17N3O. The van der Waals surface area contributed by atoms with Gasteiger partial charge in [0.15, 0.2) is 0 Å². The Bertz CT molecular complexity index is 406. The van der Waals surface area contributed by atoms with Crippen LogP contribution >= 0.6 is 0 Å². The van der Waals surface area contributed by atoms with Gasteiger partial charge in [0.25, 0.3) is 0 Å². The van der Waals surface area contributed by atoms with Gasteiger partial charge in [0.05, 0.1) is 0 Å². The van der Waals surface area contributed by atoms with E-state index in [4.69, 9.17) is 0 Å². The summed E-state index contributed by atoms with van der Waals surface area (Å²) in [6, 6.07) is 6.75. The van der Waals surface area contributed by atoms with Crippen LogP contribution in [0.3, 0.4) is 0 Å². The van der Waals surface area contributed by atoms with Crippen molar-refractivity contribution in [3.8, 4) is 0 Å². The molecule has 2 saturated heterocycles. The molecule has 2 aliphatic heterocycles. The van der Waals surface area contributed by atoms with E-state index in [1.54, 1.807) is 6.20 Å². The minimum absolute atomic E-state index is 0.295. The van der Waals surface area contributed by atoms with E-state index in [1.807, 2.05) is 23.1 Å². The maximum atomic E-state index is 11.9. The number of carbonyl (C=O) groups is 1. The molecule has 0 saturated carbocycles. The summed E-state index contributed by atoms with van der Waals surface area (Å²) in [5.74, 6) is 0.295. The first-order chi connectivity index (χ1) is 8.34. The zero-order chi connectivity index (χ0) is 11.7. The summed E-state index contributed by atoms with van der Waals surface area (Å²) in [6.07, 6.45) is 4.43. The van der Waals surface area contributed by atoms with Gasteiger partial charge in [-0.1, -0.05) is 6.07 Å². The first-order valence-electron chi connectivity index (χ1n) is 6.27. The van der Waals surface area contributed by atoms with E-state index in [1.165, 1.54) is 0 Å². The quantitative estimate of drug-likeness (QED) is 0.828. The summed E-state index contributed by atoms with van der Waals surface area (Å²) < 4.78 is 0. The van der Waals surface area contributed by atoms with Gasteiger partial charge in [-0.3, -0.25) is 9.78 Å². The molecule has 0 aromatic carbocycles. The van der Waals surface area contributed by atoms with Gasteiger partial charge in [0.2, 0.25) is 5.91 Å². The molecule has 2 aliphatic rings. The molecule has 4 nitrogen and oxygen atoms in total. The molecule has 0 spiro atoms. The third-order valence-electron chi connectivity index (χ3n) is 3.76. The summed E-state index contributed by atoms with van der Waals surface area (Å²) >= 11 is 0. The highest BCUT2D eigenvalue weighted by Crippen LogP contribution is 2.25. The van der Waals surface area contributed by atoms with Crippen LogP contribution in [0.5, 0.6) is 0 Å². The summed E-state index contributed by atoms with van der Waals surface area (Å²) in [5, 5.41) is 3.40. The van der Waals surface area contributed by atoms with Gasteiger partial charge < -0.3 is 10.2 Å². The molecule has 1 aromatic rings. The lowest BCUT2D eigenvalue weighted by Gasteiger charge is -2.23. The van der Waals surface area contributed by atoms with Crippen LogP contribution in [0.4, 0.5) is 0 Å². The highest BCUT2D eigenvalue weighted by molar-refractivity contribution is 5.80. The summed E-state index contributed by atoms with van der Waals surface area (Å²) in [6.45, 7) is 1.85. The van der Waals surface area contributed by atoms with Crippen molar-refractivity contribution < 1.29 is 4.79 Å². The molecule has 1 N–H and O–H groups in total. The summed E-state index contributed by atoms with van der Waals surface area (Å²) in [5.41, 5.74) is 1.06. The Hall–Kier alpha value is -1.42. The minimum Gasteiger partial charge on any atom is -0.338 e. The predicted molar refractivity (Wildman–Crippen MR) is 64.5 cm³/mol. The van der Waals surface area contributed by atoms with Gasteiger partial charge >= 0.3 is 0 Å². The Morgan fingerprint density at radius 1 is 1.47 bits per heavy atom. The number of carbonyl (C=O) groups excluding carboxylic acids is 1. The Balaban J connectivity index is 1.63. The molecule has 2 fully saturated rings. The maximum Gasteiger partial charge on any atom is 0.224 e. The van der Waals surface area contributed by atoms with Crippen molar-refractivity contribution in [2.75, 3.05) is 13.1 Å². The standard InChI is InChI=1S/C13H17N3O/c17-13-9-11-12(4-7-15-11)16(13)8-5-10-3-1-2-6-14-10/h1-3,6,11-12,15H,4-5,7-9H2/t11-,12-/m1/s1. The highest BCUT2D eigenvalue weighted by Gasteiger charge is 2.41. The fourth-order valence-corrected chi connectivity index (χ4v) is 2.90. The first kappa shape index (κ1) is 10.7. The fourth-order valence-electron chi connectivity index (χ4n) is 2.90. The van der Waals surface area contributed by atoms with Crippen molar-refractivity contribution in [1.29, 1.82) is 0 Å². The third kappa shape index (κ3) is 2.05. The van der Waals surface area contributed by atoms with Gasteiger partial charge in [-0.15, -0.1) is 0 Å². The summed E-state index contributed by atoms with van der Waals surface area (Å²) in [4.78, 5) is 18.2. The zero-order valence-corrected chi connectivity index (χ0v) is 9.80. The molecule has 2 atom stereocenters. The lowest BCUT2D eigenvalue weighted by atomic mass is 10.1. The van der Waals surface area contributed by atoms with Crippen molar-refractivity contribution in [1.82, 2.24) is 15.2 Å². The van der Waals surface area contributed by atoms with Crippen molar-refractivity contribution in [2.24, 2.45) is 0 Å². The van der Waals surface area contributed by atoms with Crippen LogP contribution in [0.2, 0.25) is 0 Å². The van der Waals surface area contributed by atoms with Crippen LogP contribution in [-0.2, 0) is 11.2 Å². The van der Waals surface area contributed by atoms with Crippen molar-refractivity contribution in [2.45, 2.75) is 31.3 Å². The second-order valence-electron chi connectivity index (χ2n) is 4.78. The Morgan fingerprint density at radius 2 is 2.41 bits per heavy atom. The number of pyridine rings is 1. The lowest BCUT2D eigenvalue weighted by Crippen LogP contribution is -2.37. The Labute approximate surface area is 101 Å². The Morgan fingerprint density at radius 3 is 3.24 bits per heavy atom. The smallest absolute Gasteiger partial charge is 0.224 e. The Kier molecular flexibility index (Phi) is 2.81. The predicted octanol–water partition coefficient (Wildman–Crippen LogP) is 0.587. The molecule has 1 amide bonds. The first-order valence-corrected chi connectivity index (χ1v) is 6.27. The topological polar surface area (TPSA) is 45.2 Å². The number of amides is 1. The van der Waals surface area contributed by atoms with Crippen molar-refractivity contribution >= 4 is 5.91 Å². The molecule has 0 radical (unpaired) electrons. The van der Waals surface area contributed by atoms with Gasteiger partial charge in [-0.05, 0) is 25.1 Å². The average molecular weight is 231 g/mol. The number of nitrogens with zero attached hydrogens (tertiary/aromatic N) is 2. The van der Waals surface area contributed by atoms with E-state index < -0.39 is 0 Å². The molecule has 0 unspecified atom stereocenters. The minimum atomic E-state index is 0.295. The monoisotopic (exact) mass is 231 g/mol. The van der Waals surface area contributed by atoms with Crippen molar-refractivity contribution in [3.63, 3.8) is 0 Å². The molecule has 0 bridgehead atoms. The second-order valence-corrected chi connectivity index (χ2v) is 4.78. The number of hydrogen-bond donors (Lipinski definition) is 1. The van der Waals surface area contributed by atoms with Gasteiger partial charge in [0, 0.05) is 43.4 Å². The zero-order valence-electron chi connectivity index (χ0n) is 9.80. The van der Waals surface area contributed by atoms with E-state index >= 15 is 0 Å².